The Balaban J connectivity index is 1.92. The molecule has 2 aromatic heterocycles. The summed E-state index contributed by atoms with van der Waals surface area (Å²) in [7, 11) is 0. The maximum Gasteiger partial charge on any atom is 0.336 e. The molecule has 5 nitrogen and oxygen atoms in total. The van der Waals surface area contributed by atoms with Gasteiger partial charge in [-0.05, 0) is 25.0 Å². The van der Waals surface area contributed by atoms with Crippen molar-refractivity contribution < 1.29 is 9.52 Å². The maximum absolute atomic E-state index is 11.8. The summed E-state index contributed by atoms with van der Waals surface area (Å²) in [6.45, 7) is 2.67. The summed E-state index contributed by atoms with van der Waals surface area (Å²) < 4.78 is 7.46. The molecule has 0 atom stereocenters. The largest absolute Gasteiger partial charge is 0.423 e. The quantitative estimate of drug-likeness (QED) is 0.546. The van der Waals surface area contributed by atoms with Crippen molar-refractivity contribution in [1.29, 1.82) is 0 Å². The number of nitrogens with zero attached hydrogens (tertiary/aromatic N) is 2. The SMILES string of the molecule is Cc1cc(=O)oc2cc(-c3c(-c4ccccc4)ncn3CCCO)ccc12. The van der Waals surface area contributed by atoms with Gasteiger partial charge in [0.1, 0.15) is 5.58 Å². The molecule has 0 fully saturated rings. The smallest absolute Gasteiger partial charge is 0.336 e. The lowest BCUT2D eigenvalue weighted by atomic mass is 10.0. The number of fused-ring (bicyclic) bond motifs is 1. The number of benzene rings is 2. The predicted molar refractivity (Wildman–Crippen MR) is 106 cm³/mol. The van der Waals surface area contributed by atoms with Crippen LogP contribution in [0.25, 0.3) is 33.5 Å². The van der Waals surface area contributed by atoms with Crippen molar-refractivity contribution in [2.24, 2.45) is 0 Å². The van der Waals surface area contributed by atoms with Crippen molar-refractivity contribution in [1.82, 2.24) is 9.55 Å². The van der Waals surface area contributed by atoms with Crippen LogP contribution in [-0.2, 0) is 6.54 Å². The van der Waals surface area contributed by atoms with Crippen molar-refractivity contribution in [3.05, 3.63) is 76.9 Å². The van der Waals surface area contributed by atoms with Crippen LogP contribution in [-0.4, -0.2) is 21.3 Å². The predicted octanol–water partition coefficient (Wildman–Crippen LogP) is 4.01. The zero-order chi connectivity index (χ0) is 18.8. The molecule has 0 saturated carbocycles. The summed E-state index contributed by atoms with van der Waals surface area (Å²) in [5.41, 5.74) is 4.85. The molecule has 4 aromatic rings. The Morgan fingerprint density at radius 2 is 1.89 bits per heavy atom. The first kappa shape index (κ1) is 17.2. The fraction of sp³-hybridized carbons (Fsp3) is 0.182. The number of hydrogen-bond donors (Lipinski definition) is 1. The summed E-state index contributed by atoms with van der Waals surface area (Å²) in [4.78, 5) is 16.4. The zero-order valence-corrected chi connectivity index (χ0v) is 15.1. The second-order valence-electron chi connectivity index (χ2n) is 6.54. The van der Waals surface area contributed by atoms with E-state index in [1.807, 2.05) is 60.0 Å². The molecular formula is C22H20N2O3. The molecule has 0 saturated heterocycles. The molecule has 1 N–H and O–H groups in total. The van der Waals surface area contributed by atoms with Crippen LogP contribution in [0.3, 0.4) is 0 Å². The molecule has 0 radical (unpaired) electrons. The van der Waals surface area contributed by atoms with E-state index in [1.165, 1.54) is 6.07 Å². The van der Waals surface area contributed by atoms with Gasteiger partial charge in [-0.3, -0.25) is 0 Å². The van der Waals surface area contributed by atoms with Crippen LogP contribution in [0.4, 0.5) is 0 Å². The normalized spacial score (nSPS) is 11.2. The Kier molecular flexibility index (Phi) is 4.60. The number of aromatic nitrogens is 2. The standard InChI is InChI=1S/C22H20N2O3/c1-15-12-20(26)27-19-13-17(8-9-18(15)19)22-21(16-6-3-2-4-7-16)23-14-24(22)10-5-11-25/h2-4,6-9,12-14,25H,5,10-11H2,1H3. The first-order valence-electron chi connectivity index (χ1n) is 8.93. The molecular weight excluding hydrogens is 340 g/mol. The topological polar surface area (TPSA) is 68.3 Å². The van der Waals surface area contributed by atoms with E-state index < -0.39 is 0 Å². The molecule has 0 spiro atoms. The zero-order valence-electron chi connectivity index (χ0n) is 15.1. The molecule has 0 aliphatic rings. The number of aliphatic hydroxyl groups is 1. The molecule has 2 aromatic carbocycles. The fourth-order valence-electron chi connectivity index (χ4n) is 3.37. The first-order chi connectivity index (χ1) is 13.2. The molecule has 2 heterocycles. The second kappa shape index (κ2) is 7.21. The number of aliphatic hydroxyl groups excluding tert-OH is 1. The second-order valence-corrected chi connectivity index (χ2v) is 6.54. The highest BCUT2D eigenvalue weighted by Crippen LogP contribution is 2.33. The third-order valence-corrected chi connectivity index (χ3v) is 4.67. The van der Waals surface area contributed by atoms with Crippen LogP contribution in [0.2, 0.25) is 0 Å². The minimum Gasteiger partial charge on any atom is -0.423 e. The minimum absolute atomic E-state index is 0.115. The third kappa shape index (κ3) is 3.29. The van der Waals surface area contributed by atoms with Crippen LogP contribution >= 0.6 is 0 Å². The summed E-state index contributed by atoms with van der Waals surface area (Å²) in [6.07, 6.45) is 2.43. The number of aryl methyl sites for hydroxylation is 2. The van der Waals surface area contributed by atoms with Crippen LogP contribution in [0.1, 0.15) is 12.0 Å². The Hall–Kier alpha value is -3.18. The van der Waals surface area contributed by atoms with Gasteiger partial charge in [-0.2, -0.15) is 0 Å². The van der Waals surface area contributed by atoms with Gasteiger partial charge in [0.05, 0.1) is 17.7 Å². The van der Waals surface area contributed by atoms with Crippen molar-refractivity contribution in [2.75, 3.05) is 6.61 Å². The van der Waals surface area contributed by atoms with E-state index in [1.54, 1.807) is 6.33 Å². The highest BCUT2D eigenvalue weighted by Gasteiger charge is 2.16. The van der Waals surface area contributed by atoms with E-state index in [-0.39, 0.29) is 12.2 Å². The molecule has 27 heavy (non-hydrogen) atoms. The summed E-state index contributed by atoms with van der Waals surface area (Å²) in [5, 5.41) is 10.1. The molecule has 4 rings (SSSR count). The van der Waals surface area contributed by atoms with E-state index in [2.05, 4.69) is 4.98 Å². The van der Waals surface area contributed by atoms with E-state index in [9.17, 15) is 9.90 Å². The molecule has 0 aliphatic heterocycles. The molecule has 0 unspecified atom stereocenters. The first-order valence-corrected chi connectivity index (χ1v) is 8.93. The summed E-state index contributed by atoms with van der Waals surface area (Å²) in [6, 6.07) is 17.4. The van der Waals surface area contributed by atoms with Gasteiger partial charge < -0.3 is 14.1 Å². The minimum atomic E-state index is -0.353. The molecule has 0 amide bonds. The van der Waals surface area contributed by atoms with E-state index in [4.69, 9.17) is 4.42 Å². The summed E-state index contributed by atoms with van der Waals surface area (Å²) in [5.74, 6) is 0. The van der Waals surface area contributed by atoms with Gasteiger partial charge >= 0.3 is 5.63 Å². The molecule has 136 valence electrons. The highest BCUT2D eigenvalue weighted by atomic mass is 16.4. The van der Waals surface area contributed by atoms with Gasteiger partial charge in [0, 0.05) is 35.7 Å². The van der Waals surface area contributed by atoms with E-state index in [0.717, 1.165) is 33.5 Å². The Morgan fingerprint density at radius 1 is 1.07 bits per heavy atom. The number of hydrogen-bond acceptors (Lipinski definition) is 4. The Labute approximate surface area is 156 Å². The average Bonchev–Trinajstić information content (AvgIpc) is 3.10. The summed E-state index contributed by atoms with van der Waals surface area (Å²) >= 11 is 0. The lowest BCUT2D eigenvalue weighted by molar-refractivity contribution is 0.280. The van der Waals surface area contributed by atoms with Gasteiger partial charge in [-0.1, -0.05) is 42.5 Å². The number of rotatable bonds is 5. The van der Waals surface area contributed by atoms with Crippen molar-refractivity contribution in [2.45, 2.75) is 19.9 Å². The van der Waals surface area contributed by atoms with Crippen LogP contribution in [0.15, 0.2) is 70.1 Å². The van der Waals surface area contributed by atoms with Gasteiger partial charge in [-0.15, -0.1) is 0 Å². The number of imidazole rings is 1. The molecule has 0 bridgehead atoms. The molecule has 5 heteroatoms. The highest BCUT2D eigenvalue weighted by molar-refractivity contribution is 5.87. The van der Waals surface area contributed by atoms with E-state index in [0.29, 0.717) is 18.5 Å². The van der Waals surface area contributed by atoms with Gasteiger partial charge in [-0.25, -0.2) is 9.78 Å². The van der Waals surface area contributed by atoms with Gasteiger partial charge in [0.25, 0.3) is 0 Å². The van der Waals surface area contributed by atoms with Gasteiger partial charge in [0.15, 0.2) is 0 Å². The van der Waals surface area contributed by atoms with Crippen LogP contribution < -0.4 is 5.63 Å². The van der Waals surface area contributed by atoms with Crippen LogP contribution in [0, 0.1) is 6.92 Å². The van der Waals surface area contributed by atoms with E-state index >= 15 is 0 Å². The van der Waals surface area contributed by atoms with Crippen molar-refractivity contribution >= 4 is 11.0 Å². The molecule has 0 aliphatic carbocycles. The monoisotopic (exact) mass is 360 g/mol. The maximum atomic E-state index is 11.8. The Morgan fingerprint density at radius 3 is 2.67 bits per heavy atom. The van der Waals surface area contributed by atoms with Crippen LogP contribution in [0.5, 0.6) is 0 Å². The third-order valence-electron chi connectivity index (χ3n) is 4.67. The fourth-order valence-corrected chi connectivity index (χ4v) is 3.37. The lowest BCUT2D eigenvalue weighted by Crippen LogP contribution is -2.02. The van der Waals surface area contributed by atoms with Gasteiger partial charge in [0.2, 0.25) is 0 Å². The Bertz CT molecular complexity index is 1140. The average molecular weight is 360 g/mol. The lowest BCUT2D eigenvalue weighted by Gasteiger charge is -2.11. The van der Waals surface area contributed by atoms with Crippen molar-refractivity contribution in [3.8, 4) is 22.5 Å². The van der Waals surface area contributed by atoms with Crippen molar-refractivity contribution in [3.63, 3.8) is 0 Å².